The lowest BCUT2D eigenvalue weighted by Gasteiger charge is -2.33. The number of nitrogens with zero attached hydrogens (tertiary/aromatic N) is 1. The third-order valence-electron chi connectivity index (χ3n) is 4.49. The predicted octanol–water partition coefficient (Wildman–Crippen LogP) is 2.70. The molecule has 1 N–H and O–H groups in total. The number of benzene rings is 1. The summed E-state index contributed by atoms with van der Waals surface area (Å²) in [7, 11) is 3.15. The highest BCUT2D eigenvalue weighted by Gasteiger charge is 2.17. The second-order valence-corrected chi connectivity index (χ2v) is 6.06. The van der Waals surface area contributed by atoms with Crippen molar-refractivity contribution in [1.29, 1.82) is 0 Å². The molecule has 1 heterocycles. The third-order valence-corrected chi connectivity index (χ3v) is 4.49. The summed E-state index contributed by atoms with van der Waals surface area (Å²) < 4.78 is 10.4. The van der Waals surface area contributed by atoms with Gasteiger partial charge in [-0.1, -0.05) is 6.42 Å². The third kappa shape index (κ3) is 4.86. The Labute approximate surface area is 139 Å². The van der Waals surface area contributed by atoms with Crippen LogP contribution in [0.5, 0.6) is 11.5 Å². The number of hydrogen-bond acceptors (Lipinski definition) is 4. The van der Waals surface area contributed by atoms with E-state index in [1.165, 1.54) is 25.8 Å². The molecule has 0 saturated carbocycles. The van der Waals surface area contributed by atoms with Crippen LogP contribution in [0.15, 0.2) is 18.2 Å². The number of carbonyl (C=O) groups is 1. The van der Waals surface area contributed by atoms with Crippen LogP contribution < -0.4 is 14.8 Å². The van der Waals surface area contributed by atoms with Crippen LogP contribution in [-0.4, -0.2) is 50.7 Å². The molecule has 128 valence electrons. The van der Waals surface area contributed by atoms with E-state index in [0.29, 0.717) is 29.6 Å². The molecule has 0 spiro atoms. The average molecular weight is 320 g/mol. The molecule has 0 radical (unpaired) electrons. The standard InChI is InChI=1S/C18H28N2O3/c1-14-7-4-5-11-20(14)12-6-10-19-18(21)15-8-9-16(22-2)17(13-15)23-3/h8-9,13-14H,4-7,10-12H2,1-3H3,(H,19,21). The summed E-state index contributed by atoms with van der Waals surface area (Å²) >= 11 is 0. The molecule has 1 amide bonds. The van der Waals surface area contributed by atoms with E-state index in [0.717, 1.165) is 13.0 Å². The quantitative estimate of drug-likeness (QED) is 0.785. The number of methoxy groups -OCH3 is 2. The molecule has 1 aromatic carbocycles. The van der Waals surface area contributed by atoms with Gasteiger partial charge < -0.3 is 19.7 Å². The molecule has 5 heteroatoms. The Hall–Kier alpha value is -1.75. The zero-order valence-electron chi connectivity index (χ0n) is 14.4. The summed E-state index contributed by atoms with van der Waals surface area (Å²) in [5.41, 5.74) is 0.592. The zero-order valence-corrected chi connectivity index (χ0v) is 14.4. The van der Waals surface area contributed by atoms with Crippen molar-refractivity contribution in [3.05, 3.63) is 23.8 Å². The number of rotatable bonds is 7. The SMILES string of the molecule is COc1ccc(C(=O)NCCCN2CCCCC2C)cc1OC. The van der Waals surface area contributed by atoms with Gasteiger partial charge in [0.05, 0.1) is 14.2 Å². The minimum atomic E-state index is -0.0716. The first kappa shape index (κ1) is 17.6. The number of nitrogens with one attached hydrogen (secondary N) is 1. The van der Waals surface area contributed by atoms with Crippen LogP contribution in [0.2, 0.25) is 0 Å². The van der Waals surface area contributed by atoms with Crippen LogP contribution >= 0.6 is 0 Å². The summed E-state index contributed by atoms with van der Waals surface area (Å²) in [6.07, 6.45) is 4.90. The van der Waals surface area contributed by atoms with Gasteiger partial charge in [-0.25, -0.2) is 0 Å². The van der Waals surface area contributed by atoms with E-state index in [2.05, 4.69) is 17.1 Å². The summed E-state index contributed by atoms with van der Waals surface area (Å²) in [6.45, 7) is 5.22. The van der Waals surface area contributed by atoms with Crippen molar-refractivity contribution in [3.8, 4) is 11.5 Å². The van der Waals surface area contributed by atoms with Gasteiger partial charge in [-0.05, 0) is 50.9 Å². The normalized spacial score (nSPS) is 18.5. The highest BCUT2D eigenvalue weighted by molar-refractivity contribution is 5.94. The number of carbonyl (C=O) groups excluding carboxylic acids is 1. The summed E-state index contributed by atoms with van der Waals surface area (Å²) in [5, 5.41) is 2.98. The average Bonchev–Trinajstić information content (AvgIpc) is 2.59. The molecule has 2 rings (SSSR count). The van der Waals surface area contributed by atoms with Crippen molar-refractivity contribution >= 4 is 5.91 Å². The van der Waals surface area contributed by atoms with Gasteiger partial charge in [0.15, 0.2) is 11.5 Å². The Morgan fingerprint density at radius 3 is 2.74 bits per heavy atom. The number of ether oxygens (including phenoxy) is 2. The Balaban J connectivity index is 1.78. The van der Waals surface area contributed by atoms with Gasteiger partial charge in [-0.15, -0.1) is 0 Å². The summed E-state index contributed by atoms with van der Waals surface area (Å²) in [5.74, 6) is 1.13. The molecule has 5 nitrogen and oxygen atoms in total. The maximum absolute atomic E-state index is 12.2. The Morgan fingerprint density at radius 2 is 2.04 bits per heavy atom. The largest absolute Gasteiger partial charge is 0.493 e. The summed E-state index contributed by atoms with van der Waals surface area (Å²) in [6, 6.07) is 5.89. The predicted molar refractivity (Wildman–Crippen MR) is 91.4 cm³/mol. The van der Waals surface area contributed by atoms with Gasteiger partial charge in [-0.3, -0.25) is 4.79 Å². The van der Waals surface area contributed by atoms with E-state index in [1.54, 1.807) is 32.4 Å². The van der Waals surface area contributed by atoms with E-state index in [-0.39, 0.29) is 5.91 Å². The zero-order chi connectivity index (χ0) is 16.7. The molecule has 0 bridgehead atoms. The molecule has 1 fully saturated rings. The van der Waals surface area contributed by atoms with Crippen molar-refractivity contribution < 1.29 is 14.3 Å². The van der Waals surface area contributed by atoms with Crippen molar-refractivity contribution in [2.24, 2.45) is 0 Å². The molecule has 1 saturated heterocycles. The first-order valence-corrected chi connectivity index (χ1v) is 8.40. The molecular formula is C18H28N2O3. The second kappa shape index (κ2) is 8.77. The van der Waals surface area contributed by atoms with Crippen LogP contribution in [0, 0.1) is 0 Å². The smallest absolute Gasteiger partial charge is 0.251 e. The first-order chi connectivity index (χ1) is 11.2. The highest BCUT2D eigenvalue weighted by atomic mass is 16.5. The lowest BCUT2D eigenvalue weighted by atomic mass is 10.0. The van der Waals surface area contributed by atoms with Gasteiger partial charge >= 0.3 is 0 Å². The lowest BCUT2D eigenvalue weighted by Crippen LogP contribution is -2.39. The van der Waals surface area contributed by atoms with E-state index in [9.17, 15) is 4.79 Å². The monoisotopic (exact) mass is 320 g/mol. The van der Waals surface area contributed by atoms with Crippen molar-refractivity contribution in [2.75, 3.05) is 33.9 Å². The van der Waals surface area contributed by atoms with Gasteiger partial charge in [0.2, 0.25) is 0 Å². The van der Waals surface area contributed by atoms with E-state index in [4.69, 9.17) is 9.47 Å². The Kier molecular flexibility index (Phi) is 6.71. The maximum Gasteiger partial charge on any atom is 0.251 e. The molecule has 1 atom stereocenters. The molecule has 23 heavy (non-hydrogen) atoms. The van der Waals surface area contributed by atoms with Gasteiger partial charge in [0.25, 0.3) is 5.91 Å². The van der Waals surface area contributed by atoms with E-state index >= 15 is 0 Å². The fourth-order valence-electron chi connectivity index (χ4n) is 3.05. The first-order valence-electron chi connectivity index (χ1n) is 8.40. The van der Waals surface area contributed by atoms with Crippen LogP contribution in [0.3, 0.4) is 0 Å². The van der Waals surface area contributed by atoms with Crippen LogP contribution in [0.1, 0.15) is 43.0 Å². The van der Waals surface area contributed by atoms with Crippen molar-refractivity contribution in [3.63, 3.8) is 0 Å². The maximum atomic E-state index is 12.2. The minimum Gasteiger partial charge on any atom is -0.493 e. The number of piperidine rings is 1. The molecule has 1 aliphatic heterocycles. The van der Waals surface area contributed by atoms with Crippen molar-refractivity contribution in [1.82, 2.24) is 10.2 Å². The van der Waals surface area contributed by atoms with E-state index in [1.807, 2.05) is 0 Å². The number of likely N-dealkylation sites (tertiary alicyclic amines) is 1. The highest BCUT2D eigenvalue weighted by Crippen LogP contribution is 2.27. The van der Waals surface area contributed by atoms with Gasteiger partial charge in [0, 0.05) is 24.7 Å². The number of hydrogen-bond donors (Lipinski definition) is 1. The van der Waals surface area contributed by atoms with Gasteiger partial charge in [0.1, 0.15) is 0 Å². The van der Waals surface area contributed by atoms with Crippen LogP contribution in [0.4, 0.5) is 0 Å². The fourth-order valence-corrected chi connectivity index (χ4v) is 3.05. The minimum absolute atomic E-state index is 0.0716. The summed E-state index contributed by atoms with van der Waals surface area (Å²) in [4.78, 5) is 14.7. The number of amides is 1. The Morgan fingerprint density at radius 1 is 1.26 bits per heavy atom. The molecule has 1 unspecified atom stereocenters. The second-order valence-electron chi connectivity index (χ2n) is 6.06. The molecule has 0 aliphatic carbocycles. The van der Waals surface area contributed by atoms with Crippen LogP contribution in [0.25, 0.3) is 0 Å². The molecule has 1 aliphatic rings. The van der Waals surface area contributed by atoms with Crippen molar-refractivity contribution in [2.45, 2.75) is 38.6 Å². The molecule has 1 aromatic rings. The van der Waals surface area contributed by atoms with Gasteiger partial charge in [-0.2, -0.15) is 0 Å². The molecule has 0 aromatic heterocycles. The fraction of sp³-hybridized carbons (Fsp3) is 0.611. The van der Waals surface area contributed by atoms with E-state index < -0.39 is 0 Å². The molecular weight excluding hydrogens is 292 g/mol. The lowest BCUT2D eigenvalue weighted by molar-refractivity contribution is 0.0948. The Bertz CT molecular complexity index is 519. The topological polar surface area (TPSA) is 50.8 Å². The van der Waals surface area contributed by atoms with Crippen LogP contribution in [-0.2, 0) is 0 Å².